The van der Waals surface area contributed by atoms with Gasteiger partial charge in [0.05, 0.1) is 19.9 Å². The molecular formula is C19H25N3O2S. The molecule has 0 radical (unpaired) electrons. The maximum Gasteiger partial charge on any atom is 0.191 e. The van der Waals surface area contributed by atoms with Crippen LogP contribution in [-0.4, -0.2) is 25.0 Å². The summed E-state index contributed by atoms with van der Waals surface area (Å²) in [5.41, 5.74) is 7.09. The van der Waals surface area contributed by atoms with Crippen molar-refractivity contribution in [3.63, 3.8) is 0 Å². The molecule has 134 valence electrons. The summed E-state index contributed by atoms with van der Waals surface area (Å²) in [7, 11) is 3.20. The molecule has 1 aromatic carbocycles. The van der Waals surface area contributed by atoms with Crippen LogP contribution >= 0.6 is 12.2 Å². The quantitative estimate of drug-likeness (QED) is 0.467. The number of rotatable bonds is 5. The van der Waals surface area contributed by atoms with Crippen LogP contribution in [0.15, 0.2) is 47.1 Å². The summed E-state index contributed by atoms with van der Waals surface area (Å²) in [4.78, 5) is 0. The Hall–Kier alpha value is -2.34. The molecule has 0 heterocycles. The second-order valence-corrected chi connectivity index (χ2v) is 6.47. The molecule has 1 atom stereocenters. The maximum atomic E-state index is 5.33. The van der Waals surface area contributed by atoms with Gasteiger partial charge in [-0.05, 0) is 62.5 Å². The summed E-state index contributed by atoms with van der Waals surface area (Å²) in [6.45, 7) is 8.19. The third-order valence-electron chi connectivity index (χ3n) is 4.23. The molecule has 2 rings (SSSR count). The highest BCUT2D eigenvalue weighted by Crippen LogP contribution is 2.29. The van der Waals surface area contributed by atoms with Gasteiger partial charge < -0.3 is 14.8 Å². The van der Waals surface area contributed by atoms with Gasteiger partial charge >= 0.3 is 0 Å². The summed E-state index contributed by atoms with van der Waals surface area (Å²) in [6, 6.07) is 5.51. The molecule has 6 heteroatoms. The number of ether oxygens (including phenoxy) is 2. The van der Waals surface area contributed by atoms with E-state index in [9.17, 15) is 0 Å². The van der Waals surface area contributed by atoms with E-state index in [1.807, 2.05) is 18.2 Å². The van der Waals surface area contributed by atoms with Crippen molar-refractivity contribution in [2.45, 2.75) is 26.7 Å². The van der Waals surface area contributed by atoms with E-state index in [4.69, 9.17) is 21.7 Å². The van der Waals surface area contributed by atoms with Crippen molar-refractivity contribution in [1.29, 1.82) is 0 Å². The predicted octanol–water partition coefficient (Wildman–Crippen LogP) is 4.28. The summed E-state index contributed by atoms with van der Waals surface area (Å²) >= 11 is 5.33. The average molecular weight is 359 g/mol. The molecular weight excluding hydrogens is 334 g/mol. The average Bonchev–Trinajstić information content (AvgIpc) is 2.60. The molecule has 0 bridgehead atoms. The second kappa shape index (κ2) is 8.67. The molecule has 25 heavy (non-hydrogen) atoms. The standard InChI is InChI=1S/C19H25N3O2S/c1-12(2)14-7-6-13(3)16(10-14)21-22-19(25)20-15-8-9-17(23-4)18(11-15)24-5/h6,8-9,11,14H,1,7,10H2,2-5H3,(H2,20,22,25)/t14-/m1/s1. The van der Waals surface area contributed by atoms with Crippen LogP contribution in [0.1, 0.15) is 26.7 Å². The zero-order valence-electron chi connectivity index (χ0n) is 15.2. The molecule has 0 unspecified atom stereocenters. The first kappa shape index (κ1) is 19.0. The first-order chi connectivity index (χ1) is 11.9. The number of benzene rings is 1. The number of allylic oxidation sites excluding steroid dienone is 3. The highest BCUT2D eigenvalue weighted by molar-refractivity contribution is 7.80. The number of nitrogens with zero attached hydrogens (tertiary/aromatic N) is 1. The van der Waals surface area contributed by atoms with Crippen molar-refractivity contribution < 1.29 is 9.47 Å². The molecule has 1 aromatic rings. The Balaban J connectivity index is 2.01. The number of nitrogens with one attached hydrogen (secondary N) is 2. The Morgan fingerprint density at radius 2 is 2.00 bits per heavy atom. The molecule has 0 saturated heterocycles. The number of methoxy groups -OCH3 is 2. The molecule has 2 N–H and O–H groups in total. The van der Waals surface area contributed by atoms with Crippen molar-refractivity contribution in [2.75, 3.05) is 19.5 Å². The zero-order valence-corrected chi connectivity index (χ0v) is 16.0. The van der Waals surface area contributed by atoms with Crippen molar-refractivity contribution >= 4 is 28.7 Å². The van der Waals surface area contributed by atoms with Gasteiger partial charge in [-0.3, -0.25) is 5.43 Å². The molecule has 0 amide bonds. The van der Waals surface area contributed by atoms with Gasteiger partial charge in [0, 0.05) is 11.8 Å². The fourth-order valence-electron chi connectivity index (χ4n) is 2.62. The van der Waals surface area contributed by atoms with Crippen LogP contribution in [0.2, 0.25) is 0 Å². The molecule has 1 aliphatic rings. The maximum absolute atomic E-state index is 5.33. The van der Waals surface area contributed by atoms with E-state index < -0.39 is 0 Å². The van der Waals surface area contributed by atoms with Crippen LogP contribution in [0, 0.1) is 5.92 Å². The summed E-state index contributed by atoms with van der Waals surface area (Å²) in [6.07, 6.45) is 4.10. The van der Waals surface area contributed by atoms with E-state index in [0.29, 0.717) is 22.5 Å². The van der Waals surface area contributed by atoms with Crippen LogP contribution in [-0.2, 0) is 0 Å². The van der Waals surface area contributed by atoms with Crippen molar-refractivity contribution in [1.82, 2.24) is 5.43 Å². The monoisotopic (exact) mass is 359 g/mol. The summed E-state index contributed by atoms with van der Waals surface area (Å²) in [5, 5.41) is 7.99. The third kappa shape index (κ3) is 5.06. The van der Waals surface area contributed by atoms with E-state index in [0.717, 1.165) is 24.2 Å². The van der Waals surface area contributed by atoms with E-state index in [2.05, 4.69) is 42.3 Å². The van der Waals surface area contributed by atoms with Crippen molar-refractivity contribution in [3.8, 4) is 11.5 Å². The molecule has 0 aromatic heterocycles. The summed E-state index contributed by atoms with van der Waals surface area (Å²) in [5.74, 6) is 1.74. The number of thiocarbonyl (C=S) groups is 1. The zero-order chi connectivity index (χ0) is 18.4. The van der Waals surface area contributed by atoms with Crippen LogP contribution in [0.5, 0.6) is 11.5 Å². The lowest BCUT2D eigenvalue weighted by atomic mass is 9.85. The second-order valence-electron chi connectivity index (χ2n) is 6.06. The van der Waals surface area contributed by atoms with Crippen LogP contribution in [0.25, 0.3) is 0 Å². The Kier molecular flexibility index (Phi) is 6.58. The van der Waals surface area contributed by atoms with Gasteiger partial charge in [0.2, 0.25) is 0 Å². The van der Waals surface area contributed by atoms with Gasteiger partial charge in [0.1, 0.15) is 0 Å². The number of hydrazone groups is 1. The fraction of sp³-hybridized carbons (Fsp3) is 0.368. The predicted molar refractivity (Wildman–Crippen MR) is 108 cm³/mol. The first-order valence-electron chi connectivity index (χ1n) is 8.12. The van der Waals surface area contributed by atoms with Gasteiger partial charge in [-0.1, -0.05) is 18.2 Å². The first-order valence-corrected chi connectivity index (χ1v) is 8.53. The molecule has 0 fully saturated rings. The number of hydrogen-bond donors (Lipinski definition) is 2. The third-order valence-corrected chi connectivity index (χ3v) is 4.43. The van der Waals surface area contributed by atoms with Crippen LogP contribution in [0.3, 0.4) is 0 Å². The number of anilines is 1. The van der Waals surface area contributed by atoms with Crippen molar-refractivity contribution in [2.24, 2.45) is 11.0 Å². The van der Waals surface area contributed by atoms with Gasteiger partial charge in [-0.25, -0.2) is 0 Å². The highest BCUT2D eigenvalue weighted by atomic mass is 32.1. The molecule has 0 spiro atoms. The Morgan fingerprint density at radius 1 is 1.28 bits per heavy atom. The van der Waals surface area contributed by atoms with E-state index in [-0.39, 0.29) is 0 Å². The Bertz CT molecular complexity index is 725. The van der Waals surface area contributed by atoms with Gasteiger partial charge in [0.25, 0.3) is 0 Å². The van der Waals surface area contributed by atoms with E-state index >= 15 is 0 Å². The molecule has 1 aliphatic carbocycles. The van der Waals surface area contributed by atoms with Crippen LogP contribution in [0.4, 0.5) is 5.69 Å². The minimum atomic E-state index is 0.421. The normalized spacial score (nSPS) is 18.3. The van der Waals surface area contributed by atoms with Gasteiger partial charge in [-0.2, -0.15) is 5.10 Å². The Labute approximate surface area is 154 Å². The highest BCUT2D eigenvalue weighted by Gasteiger charge is 2.18. The smallest absolute Gasteiger partial charge is 0.191 e. The van der Waals surface area contributed by atoms with Crippen LogP contribution < -0.4 is 20.2 Å². The lowest BCUT2D eigenvalue weighted by Crippen LogP contribution is -2.27. The molecule has 5 nitrogen and oxygen atoms in total. The number of hydrogen-bond acceptors (Lipinski definition) is 4. The minimum Gasteiger partial charge on any atom is -0.493 e. The molecule has 0 saturated carbocycles. The largest absolute Gasteiger partial charge is 0.493 e. The fourth-order valence-corrected chi connectivity index (χ4v) is 2.78. The van der Waals surface area contributed by atoms with E-state index in [1.165, 1.54) is 11.1 Å². The molecule has 0 aliphatic heterocycles. The lowest BCUT2D eigenvalue weighted by Gasteiger charge is -2.22. The Morgan fingerprint density at radius 3 is 2.64 bits per heavy atom. The van der Waals surface area contributed by atoms with E-state index in [1.54, 1.807) is 14.2 Å². The topological polar surface area (TPSA) is 54.9 Å². The minimum absolute atomic E-state index is 0.421. The van der Waals surface area contributed by atoms with Gasteiger partial charge in [0.15, 0.2) is 16.6 Å². The summed E-state index contributed by atoms with van der Waals surface area (Å²) < 4.78 is 10.5. The lowest BCUT2D eigenvalue weighted by molar-refractivity contribution is 0.355. The van der Waals surface area contributed by atoms with Crippen molar-refractivity contribution in [3.05, 3.63) is 42.0 Å². The van der Waals surface area contributed by atoms with Gasteiger partial charge in [-0.15, -0.1) is 0 Å². The SMILES string of the molecule is C=C(C)[C@@H]1CC=C(C)C(=NNC(=S)Nc2ccc(OC)c(OC)c2)C1.